The summed E-state index contributed by atoms with van der Waals surface area (Å²) >= 11 is 0. The van der Waals surface area contributed by atoms with Crippen molar-refractivity contribution in [3.05, 3.63) is 0 Å². The molecular weight excluding hydrogens is 156 g/mol. The summed E-state index contributed by atoms with van der Waals surface area (Å²) in [6.45, 7) is 5.96. The van der Waals surface area contributed by atoms with E-state index in [2.05, 4.69) is 0 Å². The van der Waals surface area contributed by atoms with Crippen LogP contribution in [0.3, 0.4) is 0 Å². The molecular formula is C9H14O3. The first-order valence-electron chi connectivity index (χ1n) is 4.09. The van der Waals surface area contributed by atoms with Crippen molar-refractivity contribution >= 4 is 12.3 Å². The van der Waals surface area contributed by atoms with Gasteiger partial charge in [-0.1, -0.05) is 13.8 Å². The minimum atomic E-state index is -0.174. The minimum absolute atomic E-state index is 0.0578. The van der Waals surface area contributed by atoms with Crippen molar-refractivity contribution in [2.24, 2.45) is 11.3 Å². The lowest BCUT2D eigenvalue weighted by Gasteiger charge is -2.49. The molecule has 0 aliphatic heterocycles. The average molecular weight is 170 g/mol. The number of rotatable bonds is 3. The van der Waals surface area contributed by atoms with E-state index in [1.54, 1.807) is 6.92 Å². The van der Waals surface area contributed by atoms with Crippen molar-refractivity contribution in [2.75, 3.05) is 0 Å². The molecule has 1 fully saturated rings. The smallest absolute Gasteiger partial charge is 0.293 e. The monoisotopic (exact) mass is 170 g/mol. The zero-order valence-electron chi connectivity index (χ0n) is 7.66. The van der Waals surface area contributed by atoms with E-state index in [1.807, 2.05) is 13.8 Å². The molecule has 12 heavy (non-hydrogen) atoms. The number of hydrogen-bond donors (Lipinski definition) is 0. The molecule has 1 rings (SSSR count). The van der Waals surface area contributed by atoms with E-state index in [4.69, 9.17) is 4.74 Å². The SMILES string of the molecule is CC(=O)C1CC(OC=O)C1(C)C. The van der Waals surface area contributed by atoms with E-state index in [9.17, 15) is 9.59 Å². The Morgan fingerprint density at radius 1 is 1.58 bits per heavy atom. The summed E-state index contributed by atoms with van der Waals surface area (Å²) in [6.07, 6.45) is 0.602. The van der Waals surface area contributed by atoms with Crippen LogP contribution in [0, 0.1) is 11.3 Å². The third-order valence-electron chi connectivity index (χ3n) is 2.89. The van der Waals surface area contributed by atoms with Crippen LogP contribution in [-0.2, 0) is 14.3 Å². The van der Waals surface area contributed by atoms with Gasteiger partial charge in [0, 0.05) is 11.3 Å². The van der Waals surface area contributed by atoms with E-state index in [0.29, 0.717) is 12.9 Å². The van der Waals surface area contributed by atoms with Crippen LogP contribution >= 0.6 is 0 Å². The van der Waals surface area contributed by atoms with Gasteiger partial charge in [0.25, 0.3) is 6.47 Å². The first-order chi connectivity index (χ1) is 5.50. The minimum Gasteiger partial charge on any atom is -0.464 e. The molecule has 0 heterocycles. The van der Waals surface area contributed by atoms with Gasteiger partial charge in [0.05, 0.1) is 0 Å². The van der Waals surface area contributed by atoms with Crippen LogP contribution in [0.4, 0.5) is 0 Å². The highest BCUT2D eigenvalue weighted by molar-refractivity contribution is 5.80. The molecule has 0 bridgehead atoms. The summed E-state index contributed by atoms with van der Waals surface area (Å²) < 4.78 is 4.84. The summed E-state index contributed by atoms with van der Waals surface area (Å²) in [7, 11) is 0. The summed E-state index contributed by atoms with van der Waals surface area (Å²) in [5.41, 5.74) is -0.174. The second-order valence-electron chi connectivity index (χ2n) is 3.94. The van der Waals surface area contributed by atoms with Crippen LogP contribution in [0.5, 0.6) is 0 Å². The lowest BCUT2D eigenvalue weighted by atomic mass is 9.59. The average Bonchev–Trinajstić information content (AvgIpc) is 1.96. The third kappa shape index (κ3) is 1.24. The van der Waals surface area contributed by atoms with Gasteiger partial charge in [-0.15, -0.1) is 0 Å². The summed E-state index contributed by atoms with van der Waals surface area (Å²) in [5, 5.41) is 0. The van der Waals surface area contributed by atoms with E-state index in [1.165, 1.54) is 0 Å². The fraction of sp³-hybridized carbons (Fsp3) is 0.778. The van der Waals surface area contributed by atoms with E-state index in [0.717, 1.165) is 0 Å². The first-order valence-corrected chi connectivity index (χ1v) is 4.09. The standard InChI is InChI=1S/C9H14O3/c1-6(11)7-4-8(12-5-10)9(7,2)3/h5,7-8H,4H2,1-3H3. The number of carbonyl (C=O) groups excluding carboxylic acids is 2. The molecule has 0 radical (unpaired) electrons. The molecule has 1 aliphatic carbocycles. The Kier molecular flexibility index (Phi) is 2.22. The highest BCUT2D eigenvalue weighted by Crippen LogP contribution is 2.48. The maximum absolute atomic E-state index is 11.0. The van der Waals surface area contributed by atoms with Crippen LogP contribution < -0.4 is 0 Å². The first kappa shape index (κ1) is 9.23. The van der Waals surface area contributed by atoms with Crippen molar-refractivity contribution in [2.45, 2.75) is 33.3 Å². The van der Waals surface area contributed by atoms with Gasteiger partial charge in [0.15, 0.2) is 0 Å². The van der Waals surface area contributed by atoms with Gasteiger partial charge in [0.2, 0.25) is 0 Å². The number of hydrogen-bond acceptors (Lipinski definition) is 3. The lowest BCUT2D eigenvalue weighted by molar-refractivity contribution is -0.168. The normalized spacial score (nSPS) is 31.9. The molecule has 0 aromatic carbocycles. The number of Topliss-reactive ketones (excluding diaryl/α,β-unsaturated/α-hetero) is 1. The van der Waals surface area contributed by atoms with Crippen LogP contribution in [0.25, 0.3) is 0 Å². The lowest BCUT2D eigenvalue weighted by Crippen LogP contribution is -2.53. The zero-order chi connectivity index (χ0) is 9.35. The van der Waals surface area contributed by atoms with Crippen molar-refractivity contribution in [1.29, 1.82) is 0 Å². The summed E-state index contributed by atoms with van der Waals surface area (Å²) in [6, 6.07) is 0. The van der Waals surface area contributed by atoms with Crippen molar-refractivity contribution in [3.63, 3.8) is 0 Å². The molecule has 2 unspecified atom stereocenters. The molecule has 0 N–H and O–H groups in total. The van der Waals surface area contributed by atoms with E-state index >= 15 is 0 Å². The number of carbonyl (C=O) groups is 2. The number of ketones is 1. The molecule has 68 valence electrons. The fourth-order valence-electron chi connectivity index (χ4n) is 1.87. The Labute approximate surface area is 72.1 Å². The second kappa shape index (κ2) is 2.88. The molecule has 0 spiro atoms. The van der Waals surface area contributed by atoms with Crippen LogP contribution in [0.15, 0.2) is 0 Å². The molecule has 1 saturated carbocycles. The number of ether oxygens (including phenoxy) is 1. The predicted octanol–water partition coefficient (Wildman–Crippen LogP) is 1.16. The zero-order valence-corrected chi connectivity index (χ0v) is 7.66. The largest absolute Gasteiger partial charge is 0.464 e. The predicted molar refractivity (Wildman–Crippen MR) is 43.5 cm³/mol. The Balaban J connectivity index is 2.59. The molecule has 2 atom stereocenters. The maximum atomic E-state index is 11.0. The molecule has 0 amide bonds. The highest BCUT2D eigenvalue weighted by Gasteiger charge is 2.51. The van der Waals surface area contributed by atoms with Gasteiger partial charge < -0.3 is 4.74 Å². The fourth-order valence-corrected chi connectivity index (χ4v) is 1.87. The van der Waals surface area contributed by atoms with Gasteiger partial charge in [-0.05, 0) is 13.3 Å². The van der Waals surface area contributed by atoms with E-state index < -0.39 is 0 Å². The van der Waals surface area contributed by atoms with Gasteiger partial charge in [-0.3, -0.25) is 9.59 Å². The molecule has 3 nitrogen and oxygen atoms in total. The van der Waals surface area contributed by atoms with Gasteiger partial charge >= 0.3 is 0 Å². The Hall–Kier alpha value is -0.860. The topological polar surface area (TPSA) is 43.4 Å². The third-order valence-corrected chi connectivity index (χ3v) is 2.89. The Morgan fingerprint density at radius 2 is 2.17 bits per heavy atom. The van der Waals surface area contributed by atoms with Gasteiger partial charge in [0.1, 0.15) is 11.9 Å². The second-order valence-corrected chi connectivity index (χ2v) is 3.94. The van der Waals surface area contributed by atoms with Gasteiger partial charge in [-0.2, -0.15) is 0 Å². The molecule has 1 aliphatic rings. The van der Waals surface area contributed by atoms with Crippen molar-refractivity contribution in [3.8, 4) is 0 Å². The molecule has 0 aromatic heterocycles. The van der Waals surface area contributed by atoms with E-state index in [-0.39, 0.29) is 23.2 Å². The van der Waals surface area contributed by atoms with Crippen LogP contribution in [-0.4, -0.2) is 18.4 Å². The van der Waals surface area contributed by atoms with Crippen LogP contribution in [0.1, 0.15) is 27.2 Å². The molecule has 3 heteroatoms. The maximum Gasteiger partial charge on any atom is 0.293 e. The highest BCUT2D eigenvalue weighted by atomic mass is 16.5. The molecule has 0 saturated heterocycles. The molecule has 0 aromatic rings. The summed E-state index contributed by atoms with van der Waals surface area (Å²) in [5.74, 6) is 0.244. The van der Waals surface area contributed by atoms with Crippen LogP contribution in [0.2, 0.25) is 0 Å². The quantitative estimate of drug-likeness (QED) is 0.597. The Bertz CT molecular complexity index is 208. The van der Waals surface area contributed by atoms with Crippen molar-refractivity contribution < 1.29 is 14.3 Å². The van der Waals surface area contributed by atoms with Crippen molar-refractivity contribution in [1.82, 2.24) is 0 Å². The summed E-state index contributed by atoms with van der Waals surface area (Å²) in [4.78, 5) is 21.1. The Morgan fingerprint density at radius 3 is 2.50 bits per heavy atom. The van der Waals surface area contributed by atoms with Gasteiger partial charge in [-0.25, -0.2) is 0 Å².